The fraction of sp³-hybridized carbons (Fsp3) is 0. The zero-order chi connectivity index (χ0) is 12.8. The van der Waals surface area contributed by atoms with Crippen molar-refractivity contribution in [1.82, 2.24) is 9.97 Å². The molecule has 0 bridgehead atoms. The van der Waals surface area contributed by atoms with E-state index in [-0.39, 0.29) is 5.75 Å². The number of phenolic OH excluding ortho intramolecular Hbond substituents is 1. The Bertz CT molecular complexity index is 931. The molecule has 0 aliphatic rings. The van der Waals surface area contributed by atoms with Gasteiger partial charge in [-0.3, -0.25) is 0 Å². The van der Waals surface area contributed by atoms with Crippen molar-refractivity contribution in [3.05, 3.63) is 54.6 Å². The molecule has 0 radical (unpaired) electrons. The third-order valence-electron chi connectivity index (χ3n) is 3.32. The van der Waals surface area contributed by atoms with Gasteiger partial charge in [0.15, 0.2) is 0 Å². The molecule has 19 heavy (non-hydrogen) atoms. The molecule has 0 amide bonds. The Hall–Kier alpha value is -2.68. The second kappa shape index (κ2) is 3.65. The number of nitrogens with zero attached hydrogens (tertiary/aromatic N) is 2. The molecule has 3 nitrogen and oxygen atoms in total. The summed E-state index contributed by atoms with van der Waals surface area (Å²) in [6, 6.07) is 17.3. The number of aromatic hydroxyl groups is 1. The lowest BCUT2D eigenvalue weighted by atomic mass is 10.1. The number of fused-ring (bicyclic) bond motifs is 4. The van der Waals surface area contributed by atoms with Crippen LogP contribution in [-0.4, -0.2) is 15.1 Å². The average Bonchev–Trinajstić information content (AvgIpc) is 2.46. The first-order chi connectivity index (χ1) is 9.33. The van der Waals surface area contributed by atoms with Crippen LogP contribution in [0.2, 0.25) is 0 Å². The van der Waals surface area contributed by atoms with E-state index >= 15 is 0 Å². The number of aromatic nitrogens is 2. The lowest BCUT2D eigenvalue weighted by Crippen LogP contribution is -1.89. The number of hydrogen-bond acceptors (Lipinski definition) is 3. The Kier molecular flexibility index (Phi) is 1.97. The second-order valence-electron chi connectivity index (χ2n) is 4.53. The van der Waals surface area contributed by atoms with Crippen molar-refractivity contribution in [3.8, 4) is 5.75 Å². The molecule has 0 unspecified atom stereocenters. The van der Waals surface area contributed by atoms with Gasteiger partial charge in [0.1, 0.15) is 16.8 Å². The van der Waals surface area contributed by atoms with Crippen LogP contribution in [0.1, 0.15) is 0 Å². The molecular formula is C16H10N2O. The van der Waals surface area contributed by atoms with Gasteiger partial charge in [-0.15, -0.1) is 0 Å². The van der Waals surface area contributed by atoms with E-state index in [0.29, 0.717) is 5.52 Å². The summed E-state index contributed by atoms with van der Waals surface area (Å²) in [7, 11) is 0. The van der Waals surface area contributed by atoms with Crippen molar-refractivity contribution >= 4 is 32.8 Å². The van der Waals surface area contributed by atoms with Crippen molar-refractivity contribution in [2.24, 2.45) is 0 Å². The largest absolute Gasteiger partial charge is 0.506 e. The SMILES string of the molecule is Oc1cc2ccccc2c2nc3ccccc3nc12. The summed E-state index contributed by atoms with van der Waals surface area (Å²) in [6.07, 6.45) is 0. The van der Waals surface area contributed by atoms with Crippen LogP contribution < -0.4 is 0 Å². The van der Waals surface area contributed by atoms with Gasteiger partial charge in [-0.05, 0) is 23.6 Å². The Balaban J connectivity index is 2.30. The summed E-state index contributed by atoms with van der Waals surface area (Å²) in [6.45, 7) is 0. The maximum atomic E-state index is 10.1. The minimum absolute atomic E-state index is 0.173. The molecule has 1 N–H and O–H groups in total. The summed E-state index contributed by atoms with van der Waals surface area (Å²) in [5.41, 5.74) is 2.93. The number of phenols is 1. The van der Waals surface area contributed by atoms with Gasteiger partial charge in [0.25, 0.3) is 0 Å². The molecule has 0 saturated heterocycles. The third kappa shape index (κ3) is 1.45. The first-order valence-electron chi connectivity index (χ1n) is 6.10. The fourth-order valence-corrected chi connectivity index (χ4v) is 2.42. The molecule has 3 heteroatoms. The summed E-state index contributed by atoms with van der Waals surface area (Å²) in [5, 5.41) is 12.1. The van der Waals surface area contributed by atoms with Gasteiger partial charge in [0, 0.05) is 5.39 Å². The molecule has 0 aliphatic carbocycles. The lowest BCUT2D eigenvalue weighted by molar-refractivity contribution is 0.481. The standard InChI is InChI=1S/C16H10N2O/c19-14-9-10-5-1-2-6-11(10)15-16(14)18-13-8-4-3-7-12(13)17-15/h1-9,19H. The Labute approximate surface area is 109 Å². The van der Waals surface area contributed by atoms with E-state index in [0.717, 1.165) is 27.3 Å². The van der Waals surface area contributed by atoms with Crippen molar-refractivity contribution in [1.29, 1.82) is 0 Å². The van der Waals surface area contributed by atoms with Gasteiger partial charge in [-0.25, -0.2) is 9.97 Å². The predicted molar refractivity (Wildman–Crippen MR) is 76.2 cm³/mol. The maximum Gasteiger partial charge on any atom is 0.144 e. The highest BCUT2D eigenvalue weighted by molar-refractivity contribution is 6.08. The molecular weight excluding hydrogens is 236 g/mol. The first-order valence-corrected chi connectivity index (χ1v) is 6.10. The molecule has 1 heterocycles. The van der Waals surface area contributed by atoms with E-state index < -0.39 is 0 Å². The molecule has 90 valence electrons. The number of hydrogen-bond donors (Lipinski definition) is 1. The van der Waals surface area contributed by atoms with Crippen LogP contribution in [-0.2, 0) is 0 Å². The normalized spacial score (nSPS) is 11.4. The molecule has 0 fully saturated rings. The van der Waals surface area contributed by atoms with Gasteiger partial charge in [0.2, 0.25) is 0 Å². The zero-order valence-electron chi connectivity index (χ0n) is 10.0. The van der Waals surface area contributed by atoms with Gasteiger partial charge < -0.3 is 5.11 Å². The summed E-state index contributed by atoms with van der Waals surface area (Å²) < 4.78 is 0. The topological polar surface area (TPSA) is 46.0 Å². The molecule has 4 rings (SSSR count). The van der Waals surface area contributed by atoms with Crippen LogP contribution in [0.25, 0.3) is 32.8 Å². The minimum atomic E-state index is 0.173. The Morgan fingerprint density at radius 3 is 2.16 bits per heavy atom. The predicted octanol–water partition coefficient (Wildman–Crippen LogP) is 3.64. The smallest absolute Gasteiger partial charge is 0.144 e. The molecule has 4 aromatic rings. The monoisotopic (exact) mass is 246 g/mol. The highest BCUT2D eigenvalue weighted by atomic mass is 16.3. The summed E-state index contributed by atoms with van der Waals surface area (Å²) >= 11 is 0. The van der Waals surface area contributed by atoms with Gasteiger partial charge >= 0.3 is 0 Å². The molecule has 0 aliphatic heterocycles. The third-order valence-corrected chi connectivity index (χ3v) is 3.32. The van der Waals surface area contributed by atoms with Crippen LogP contribution in [0, 0.1) is 0 Å². The van der Waals surface area contributed by atoms with E-state index in [4.69, 9.17) is 0 Å². The molecule has 3 aromatic carbocycles. The van der Waals surface area contributed by atoms with Crippen LogP contribution in [0.5, 0.6) is 5.75 Å². The van der Waals surface area contributed by atoms with Gasteiger partial charge in [0.05, 0.1) is 11.0 Å². The highest BCUT2D eigenvalue weighted by Crippen LogP contribution is 2.31. The van der Waals surface area contributed by atoms with Crippen LogP contribution in [0.4, 0.5) is 0 Å². The van der Waals surface area contributed by atoms with Gasteiger partial charge in [-0.1, -0.05) is 36.4 Å². The quantitative estimate of drug-likeness (QED) is 0.380. The Morgan fingerprint density at radius 1 is 0.737 bits per heavy atom. The Morgan fingerprint density at radius 2 is 1.37 bits per heavy atom. The second-order valence-corrected chi connectivity index (χ2v) is 4.53. The van der Waals surface area contributed by atoms with E-state index in [1.807, 2.05) is 48.5 Å². The van der Waals surface area contributed by atoms with E-state index in [9.17, 15) is 5.11 Å². The number of rotatable bonds is 0. The highest BCUT2D eigenvalue weighted by Gasteiger charge is 2.09. The van der Waals surface area contributed by atoms with Crippen LogP contribution >= 0.6 is 0 Å². The maximum absolute atomic E-state index is 10.1. The van der Waals surface area contributed by atoms with Crippen LogP contribution in [0.15, 0.2) is 54.6 Å². The minimum Gasteiger partial charge on any atom is -0.506 e. The molecule has 1 aromatic heterocycles. The average molecular weight is 246 g/mol. The van der Waals surface area contributed by atoms with Crippen molar-refractivity contribution in [3.63, 3.8) is 0 Å². The fourth-order valence-electron chi connectivity index (χ4n) is 2.42. The van der Waals surface area contributed by atoms with E-state index in [2.05, 4.69) is 9.97 Å². The van der Waals surface area contributed by atoms with Crippen molar-refractivity contribution in [2.75, 3.05) is 0 Å². The number of para-hydroxylation sites is 2. The van der Waals surface area contributed by atoms with Crippen LogP contribution in [0.3, 0.4) is 0 Å². The molecule has 0 atom stereocenters. The molecule has 0 spiro atoms. The summed E-state index contributed by atoms with van der Waals surface area (Å²) in [4.78, 5) is 9.16. The first kappa shape index (κ1) is 10.3. The molecule has 0 saturated carbocycles. The van der Waals surface area contributed by atoms with Crippen molar-refractivity contribution < 1.29 is 5.11 Å². The zero-order valence-corrected chi connectivity index (χ0v) is 10.0. The lowest BCUT2D eigenvalue weighted by Gasteiger charge is -2.06. The van der Waals surface area contributed by atoms with Crippen molar-refractivity contribution in [2.45, 2.75) is 0 Å². The number of benzene rings is 3. The summed E-state index contributed by atoms with van der Waals surface area (Å²) in [5.74, 6) is 0.173. The van der Waals surface area contributed by atoms with E-state index in [1.165, 1.54) is 0 Å². The van der Waals surface area contributed by atoms with Gasteiger partial charge in [-0.2, -0.15) is 0 Å². The van der Waals surface area contributed by atoms with E-state index in [1.54, 1.807) is 6.07 Å².